The maximum atomic E-state index is 12.5. The molecule has 1 unspecified atom stereocenters. The number of nitrogens with one attached hydrogen (secondary N) is 1. The Morgan fingerprint density at radius 3 is 2.58 bits per heavy atom. The third kappa shape index (κ3) is 3.70. The van der Waals surface area contributed by atoms with Gasteiger partial charge in [-0.25, -0.2) is 0 Å². The molecule has 1 amide bonds. The molecule has 0 saturated carbocycles. The number of hydrogen-bond acceptors (Lipinski definition) is 3. The largest absolute Gasteiger partial charge is 0.341 e. The second-order valence-electron chi connectivity index (χ2n) is 5.18. The van der Waals surface area contributed by atoms with E-state index in [0.717, 1.165) is 37.4 Å². The van der Waals surface area contributed by atoms with Crippen LogP contribution in [0.5, 0.6) is 0 Å². The third-order valence-corrected chi connectivity index (χ3v) is 3.69. The van der Waals surface area contributed by atoms with E-state index in [-0.39, 0.29) is 24.4 Å². The molecule has 6 heteroatoms. The topological polar surface area (TPSA) is 50.2 Å². The number of hydrogen-bond donors (Lipinski definition) is 1. The molecule has 1 fully saturated rings. The van der Waals surface area contributed by atoms with E-state index in [2.05, 4.69) is 17.3 Å². The number of halogens is 1. The molecule has 2 rings (SSSR count). The lowest BCUT2D eigenvalue weighted by atomic mass is 9.98. The maximum absolute atomic E-state index is 12.5. The number of amides is 1. The molecule has 0 spiro atoms. The van der Waals surface area contributed by atoms with Crippen LogP contribution >= 0.6 is 12.4 Å². The van der Waals surface area contributed by atoms with Gasteiger partial charge in [0.2, 0.25) is 5.91 Å². The predicted octanol–water partition coefficient (Wildman–Crippen LogP) is 1.36. The van der Waals surface area contributed by atoms with Gasteiger partial charge in [-0.1, -0.05) is 6.92 Å². The van der Waals surface area contributed by atoms with Gasteiger partial charge in [0.15, 0.2) is 0 Å². The van der Waals surface area contributed by atoms with Crippen LogP contribution in [0.15, 0.2) is 12.4 Å². The number of carbonyl (C=O) groups is 1. The summed E-state index contributed by atoms with van der Waals surface area (Å²) in [5.41, 5.74) is 0.934. The molecule has 1 aromatic heterocycles. The molecule has 1 saturated heterocycles. The fraction of sp³-hybridized carbons (Fsp3) is 0.692. The number of likely N-dealkylation sites (N-methyl/N-ethyl adjacent to an activating group) is 1. The minimum absolute atomic E-state index is 0. The molecule has 1 aliphatic heterocycles. The summed E-state index contributed by atoms with van der Waals surface area (Å²) >= 11 is 0. The van der Waals surface area contributed by atoms with E-state index in [1.165, 1.54) is 0 Å². The average Bonchev–Trinajstić information content (AvgIpc) is 2.77. The molecule has 0 bridgehead atoms. The van der Waals surface area contributed by atoms with E-state index >= 15 is 0 Å². The van der Waals surface area contributed by atoms with Crippen molar-refractivity contribution in [3.05, 3.63) is 18.0 Å². The zero-order valence-corrected chi connectivity index (χ0v) is 12.6. The van der Waals surface area contributed by atoms with Crippen molar-refractivity contribution >= 4 is 18.3 Å². The minimum atomic E-state index is -0.271. The van der Waals surface area contributed by atoms with Gasteiger partial charge in [-0.2, -0.15) is 5.10 Å². The Kier molecular flexibility index (Phi) is 5.82. The van der Waals surface area contributed by atoms with Crippen LogP contribution in [0.4, 0.5) is 0 Å². The third-order valence-electron chi connectivity index (χ3n) is 3.69. The zero-order valence-electron chi connectivity index (χ0n) is 11.8. The summed E-state index contributed by atoms with van der Waals surface area (Å²) in [5, 5.41) is 7.23. The fourth-order valence-corrected chi connectivity index (χ4v) is 2.43. The lowest BCUT2D eigenvalue weighted by molar-refractivity contribution is -0.134. The Bertz CT molecular complexity index is 413. The summed E-state index contributed by atoms with van der Waals surface area (Å²) in [6.07, 6.45) is 5.86. The molecule has 0 aromatic carbocycles. The highest BCUT2D eigenvalue weighted by atomic mass is 35.5. The van der Waals surface area contributed by atoms with Gasteiger partial charge >= 0.3 is 0 Å². The van der Waals surface area contributed by atoms with Crippen LogP contribution in [0.25, 0.3) is 0 Å². The molecule has 2 heterocycles. The lowest BCUT2D eigenvalue weighted by Gasteiger charge is -2.32. The summed E-state index contributed by atoms with van der Waals surface area (Å²) in [6.45, 7) is 4.00. The molecular formula is C13H23ClN4O. The summed E-state index contributed by atoms with van der Waals surface area (Å²) in [5.74, 6) is 0.901. The van der Waals surface area contributed by atoms with Gasteiger partial charge in [0, 0.05) is 31.9 Å². The Labute approximate surface area is 120 Å². The van der Waals surface area contributed by atoms with E-state index in [0.29, 0.717) is 0 Å². The number of nitrogens with zero attached hydrogens (tertiary/aromatic N) is 3. The summed E-state index contributed by atoms with van der Waals surface area (Å²) in [4.78, 5) is 14.4. The Morgan fingerprint density at radius 2 is 2.11 bits per heavy atom. The Balaban J connectivity index is 0.00000180. The first-order chi connectivity index (χ1) is 8.61. The van der Waals surface area contributed by atoms with Crippen LogP contribution < -0.4 is 5.32 Å². The Hall–Kier alpha value is -1.07. The highest BCUT2D eigenvalue weighted by Gasteiger charge is 2.27. The van der Waals surface area contributed by atoms with Crippen LogP contribution in [0.2, 0.25) is 0 Å². The van der Waals surface area contributed by atoms with Crippen LogP contribution in [0.3, 0.4) is 0 Å². The number of likely N-dealkylation sites (tertiary alicyclic amines) is 1. The van der Waals surface area contributed by atoms with Crippen LogP contribution in [0.1, 0.15) is 31.4 Å². The molecule has 1 aliphatic rings. The first kappa shape index (κ1) is 16.0. The van der Waals surface area contributed by atoms with Gasteiger partial charge in [-0.05, 0) is 25.8 Å². The van der Waals surface area contributed by atoms with Gasteiger partial charge in [0.05, 0.1) is 6.20 Å². The van der Waals surface area contributed by atoms with Crippen molar-refractivity contribution in [2.24, 2.45) is 13.0 Å². The Morgan fingerprint density at radius 1 is 1.47 bits per heavy atom. The van der Waals surface area contributed by atoms with Crippen LogP contribution in [-0.4, -0.2) is 40.7 Å². The molecule has 0 aliphatic carbocycles. The van der Waals surface area contributed by atoms with Gasteiger partial charge in [-0.15, -0.1) is 12.4 Å². The lowest BCUT2D eigenvalue weighted by Crippen LogP contribution is -2.43. The summed E-state index contributed by atoms with van der Waals surface area (Å²) in [6, 6.07) is -0.271. The van der Waals surface area contributed by atoms with Crippen molar-refractivity contribution in [3.8, 4) is 0 Å². The smallest absolute Gasteiger partial charge is 0.244 e. The van der Waals surface area contributed by atoms with Crippen molar-refractivity contribution in [1.82, 2.24) is 20.0 Å². The van der Waals surface area contributed by atoms with Crippen LogP contribution in [-0.2, 0) is 11.8 Å². The van der Waals surface area contributed by atoms with E-state index in [4.69, 9.17) is 0 Å². The number of rotatable bonds is 3. The quantitative estimate of drug-likeness (QED) is 0.913. The molecular weight excluding hydrogens is 264 g/mol. The van der Waals surface area contributed by atoms with Crippen molar-refractivity contribution in [2.75, 3.05) is 20.1 Å². The first-order valence-electron chi connectivity index (χ1n) is 6.56. The molecule has 1 aromatic rings. The van der Waals surface area contributed by atoms with Gasteiger partial charge < -0.3 is 10.2 Å². The second kappa shape index (κ2) is 6.91. The molecule has 1 atom stereocenters. The minimum Gasteiger partial charge on any atom is -0.341 e. The molecule has 1 N–H and O–H groups in total. The first-order valence-corrected chi connectivity index (χ1v) is 6.56. The van der Waals surface area contributed by atoms with E-state index in [9.17, 15) is 4.79 Å². The fourth-order valence-electron chi connectivity index (χ4n) is 2.43. The standard InChI is InChI=1S/C13H22N4O.ClH/c1-10-4-6-17(7-5-10)13(18)12(14-2)11-8-15-16(3)9-11;/h8-10,12,14H,4-7H2,1-3H3;1H. The SMILES string of the molecule is CNC(C(=O)N1CCC(C)CC1)c1cnn(C)c1.Cl. The van der Waals surface area contributed by atoms with Crippen molar-refractivity contribution in [3.63, 3.8) is 0 Å². The average molecular weight is 287 g/mol. The molecule has 108 valence electrons. The maximum Gasteiger partial charge on any atom is 0.244 e. The second-order valence-corrected chi connectivity index (χ2v) is 5.18. The van der Waals surface area contributed by atoms with E-state index < -0.39 is 0 Å². The van der Waals surface area contributed by atoms with Gasteiger partial charge in [0.1, 0.15) is 6.04 Å². The number of carbonyl (C=O) groups excluding carboxylic acids is 1. The highest BCUT2D eigenvalue weighted by molar-refractivity contribution is 5.85. The normalized spacial score (nSPS) is 17.9. The number of aryl methyl sites for hydroxylation is 1. The monoisotopic (exact) mass is 286 g/mol. The van der Waals surface area contributed by atoms with Gasteiger partial charge in [0.25, 0.3) is 0 Å². The number of aromatic nitrogens is 2. The van der Waals surface area contributed by atoms with Crippen molar-refractivity contribution in [1.29, 1.82) is 0 Å². The molecule has 5 nitrogen and oxygen atoms in total. The van der Waals surface area contributed by atoms with Gasteiger partial charge in [-0.3, -0.25) is 9.48 Å². The van der Waals surface area contributed by atoms with E-state index in [1.54, 1.807) is 10.9 Å². The summed E-state index contributed by atoms with van der Waals surface area (Å²) in [7, 11) is 3.69. The summed E-state index contributed by atoms with van der Waals surface area (Å²) < 4.78 is 1.73. The van der Waals surface area contributed by atoms with Crippen molar-refractivity contribution < 1.29 is 4.79 Å². The molecule has 0 radical (unpaired) electrons. The predicted molar refractivity (Wildman–Crippen MR) is 77.2 cm³/mol. The molecule has 19 heavy (non-hydrogen) atoms. The number of piperidine rings is 1. The van der Waals surface area contributed by atoms with Crippen molar-refractivity contribution in [2.45, 2.75) is 25.8 Å². The zero-order chi connectivity index (χ0) is 13.1. The van der Waals surface area contributed by atoms with Crippen LogP contribution in [0, 0.1) is 5.92 Å². The van der Waals surface area contributed by atoms with E-state index in [1.807, 2.05) is 25.2 Å². The highest BCUT2D eigenvalue weighted by Crippen LogP contribution is 2.21.